The number of benzene rings is 2. The highest BCUT2D eigenvalue weighted by molar-refractivity contribution is 5.92. The van der Waals surface area contributed by atoms with Gasteiger partial charge in [0.1, 0.15) is 5.75 Å². The summed E-state index contributed by atoms with van der Waals surface area (Å²) in [5.41, 5.74) is 2.72. The highest BCUT2D eigenvalue weighted by atomic mass is 16.5. The van der Waals surface area contributed by atoms with Crippen molar-refractivity contribution >= 4 is 17.7 Å². The Morgan fingerprint density at radius 3 is 2.60 bits per heavy atom. The van der Waals surface area contributed by atoms with Gasteiger partial charge < -0.3 is 20.1 Å². The van der Waals surface area contributed by atoms with E-state index in [1.165, 1.54) is 0 Å². The van der Waals surface area contributed by atoms with Gasteiger partial charge in [0.15, 0.2) is 5.69 Å². The Labute approximate surface area is 173 Å². The molecule has 0 aliphatic carbocycles. The molecule has 2 amide bonds. The number of rotatable bonds is 5. The summed E-state index contributed by atoms with van der Waals surface area (Å²) in [5.74, 6) is -0.515. The number of anilines is 1. The topological polar surface area (TPSA) is 96.7 Å². The zero-order valence-electron chi connectivity index (χ0n) is 16.5. The molecular weight excluding hydrogens is 384 g/mol. The van der Waals surface area contributed by atoms with Crippen molar-refractivity contribution in [1.29, 1.82) is 0 Å². The molecule has 0 saturated carbocycles. The standard InChI is InChI=1S/C22H22N4O4/c1-2-30-19-11-7-6-10-17(19)23-22(29)25-13-12-18-16(14-25)20(21(27)28)24-26(18)15-8-4-3-5-9-15/h3-11H,2,12-14H2,1H3,(H,23,29)(H,27,28). The van der Waals surface area contributed by atoms with Gasteiger partial charge in [-0.05, 0) is 31.2 Å². The van der Waals surface area contributed by atoms with Gasteiger partial charge in [-0.3, -0.25) is 0 Å². The van der Waals surface area contributed by atoms with Gasteiger partial charge in [-0.1, -0.05) is 30.3 Å². The smallest absolute Gasteiger partial charge is 0.356 e. The fraction of sp³-hybridized carbons (Fsp3) is 0.227. The number of urea groups is 1. The van der Waals surface area contributed by atoms with Crippen LogP contribution in [0, 0.1) is 0 Å². The maximum Gasteiger partial charge on any atom is 0.356 e. The Morgan fingerprint density at radius 2 is 1.87 bits per heavy atom. The first kappa shape index (κ1) is 19.5. The van der Waals surface area contributed by atoms with E-state index in [9.17, 15) is 14.7 Å². The number of para-hydroxylation sites is 3. The van der Waals surface area contributed by atoms with E-state index in [1.807, 2.05) is 49.4 Å². The molecule has 8 nitrogen and oxygen atoms in total. The van der Waals surface area contributed by atoms with Gasteiger partial charge >= 0.3 is 12.0 Å². The lowest BCUT2D eigenvalue weighted by molar-refractivity contribution is 0.0687. The SMILES string of the molecule is CCOc1ccccc1NC(=O)N1CCc2c(c(C(=O)O)nn2-c2ccccc2)C1. The molecule has 1 aromatic heterocycles. The molecule has 0 spiro atoms. The Morgan fingerprint density at radius 1 is 1.13 bits per heavy atom. The summed E-state index contributed by atoms with van der Waals surface area (Å²) >= 11 is 0. The van der Waals surface area contributed by atoms with Crippen LogP contribution in [0.25, 0.3) is 5.69 Å². The number of nitrogens with zero attached hydrogens (tertiary/aromatic N) is 3. The molecule has 0 atom stereocenters. The second-order valence-corrected chi connectivity index (χ2v) is 6.86. The minimum absolute atomic E-state index is 0.0268. The molecule has 4 rings (SSSR count). The van der Waals surface area contributed by atoms with Crippen LogP contribution < -0.4 is 10.1 Å². The van der Waals surface area contributed by atoms with E-state index in [0.717, 1.165) is 11.4 Å². The summed E-state index contributed by atoms with van der Waals surface area (Å²) in [5, 5.41) is 16.8. The van der Waals surface area contributed by atoms with E-state index in [0.29, 0.717) is 36.6 Å². The third-order valence-corrected chi connectivity index (χ3v) is 4.98. The number of carbonyl (C=O) groups is 2. The first-order valence-electron chi connectivity index (χ1n) is 9.75. The number of aromatic carboxylic acids is 1. The fourth-order valence-corrected chi connectivity index (χ4v) is 3.59. The minimum atomic E-state index is -1.11. The summed E-state index contributed by atoms with van der Waals surface area (Å²) in [6.07, 6.45) is 0.505. The van der Waals surface area contributed by atoms with Gasteiger partial charge in [-0.15, -0.1) is 0 Å². The Bertz CT molecular complexity index is 1080. The van der Waals surface area contributed by atoms with E-state index in [1.54, 1.807) is 21.7 Å². The summed E-state index contributed by atoms with van der Waals surface area (Å²) in [6, 6.07) is 16.3. The maximum absolute atomic E-state index is 12.9. The van der Waals surface area contributed by atoms with Crippen molar-refractivity contribution in [3.05, 3.63) is 71.5 Å². The molecular formula is C22H22N4O4. The van der Waals surface area contributed by atoms with E-state index < -0.39 is 5.97 Å². The number of fused-ring (bicyclic) bond motifs is 1. The van der Waals surface area contributed by atoms with Crippen molar-refractivity contribution in [2.24, 2.45) is 0 Å². The number of hydrogen-bond acceptors (Lipinski definition) is 4. The average Bonchev–Trinajstić information content (AvgIpc) is 3.15. The molecule has 0 saturated heterocycles. The van der Waals surface area contributed by atoms with E-state index in [-0.39, 0.29) is 18.3 Å². The predicted octanol–water partition coefficient (Wildman–Crippen LogP) is 3.56. The number of ether oxygens (including phenoxy) is 1. The van der Waals surface area contributed by atoms with Gasteiger partial charge in [0.2, 0.25) is 0 Å². The van der Waals surface area contributed by atoms with Crippen molar-refractivity contribution in [2.45, 2.75) is 19.9 Å². The Balaban J connectivity index is 1.60. The van der Waals surface area contributed by atoms with E-state index >= 15 is 0 Å². The lowest BCUT2D eigenvalue weighted by Gasteiger charge is -2.28. The molecule has 1 aliphatic rings. The number of carbonyl (C=O) groups excluding carboxylic acids is 1. The molecule has 1 aliphatic heterocycles. The van der Waals surface area contributed by atoms with Gasteiger partial charge in [0.05, 0.1) is 30.2 Å². The number of aromatic nitrogens is 2. The number of nitrogens with one attached hydrogen (secondary N) is 1. The Hall–Kier alpha value is -3.81. The van der Waals surface area contributed by atoms with Gasteiger partial charge in [0.25, 0.3) is 0 Å². The Kier molecular flexibility index (Phi) is 5.38. The van der Waals surface area contributed by atoms with Gasteiger partial charge in [-0.25, -0.2) is 14.3 Å². The number of amides is 2. The molecule has 0 bridgehead atoms. The van der Waals surface area contributed by atoms with Crippen LogP contribution in [0.1, 0.15) is 28.7 Å². The third kappa shape index (κ3) is 3.71. The zero-order chi connectivity index (χ0) is 21.1. The average molecular weight is 406 g/mol. The highest BCUT2D eigenvalue weighted by Gasteiger charge is 2.30. The van der Waals surface area contributed by atoms with Crippen molar-refractivity contribution in [1.82, 2.24) is 14.7 Å². The second kappa shape index (κ2) is 8.28. The summed E-state index contributed by atoms with van der Waals surface area (Å²) in [4.78, 5) is 26.3. The van der Waals surface area contributed by atoms with Crippen LogP contribution in [-0.4, -0.2) is 44.9 Å². The highest BCUT2D eigenvalue weighted by Crippen LogP contribution is 2.28. The molecule has 0 unspecified atom stereocenters. The quantitative estimate of drug-likeness (QED) is 0.675. The maximum atomic E-state index is 12.9. The normalized spacial score (nSPS) is 12.9. The molecule has 2 N–H and O–H groups in total. The largest absolute Gasteiger partial charge is 0.492 e. The van der Waals surface area contributed by atoms with Crippen molar-refractivity contribution < 1.29 is 19.4 Å². The van der Waals surface area contributed by atoms with Crippen molar-refractivity contribution in [2.75, 3.05) is 18.5 Å². The third-order valence-electron chi connectivity index (χ3n) is 4.98. The lowest BCUT2D eigenvalue weighted by atomic mass is 10.1. The van der Waals surface area contributed by atoms with Crippen molar-refractivity contribution in [3.63, 3.8) is 0 Å². The number of carboxylic acid groups (broad SMARTS) is 1. The molecule has 3 aromatic rings. The summed E-state index contributed by atoms with van der Waals surface area (Å²) in [6.45, 7) is 2.99. The van der Waals surface area contributed by atoms with Crippen LogP contribution in [-0.2, 0) is 13.0 Å². The van der Waals surface area contributed by atoms with Crippen LogP contribution in [0.15, 0.2) is 54.6 Å². The minimum Gasteiger partial charge on any atom is -0.492 e. The molecule has 2 heterocycles. The van der Waals surface area contributed by atoms with Crippen LogP contribution in [0.4, 0.5) is 10.5 Å². The van der Waals surface area contributed by atoms with E-state index in [4.69, 9.17) is 4.74 Å². The number of hydrogen-bond donors (Lipinski definition) is 2. The fourth-order valence-electron chi connectivity index (χ4n) is 3.59. The predicted molar refractivity (Wildman–Crippen MR) is 111 cm³/mol. The molecule has 2 aromatic carbocycles. The van der Waals surface area contributed by atoms with Crippen LogP contribution in [0.2, 0.25) is 0 Å². The van der Waals surface area contributed by atoms with Gasteiger partial charge in [-0.2, -0.15) is 5.10 Å². The summed E-state index contributed by atoms with van der Waals surface area (Å²) < 4.78 is 7.23. The first-order valence-corrected chi connectivity index (χ1v) is 9.75. The zero-order valence-corrected chi connectivity index (χ0v) is 16.5. The molecule has 0 fully saturated rings. The molecule has 8 heteroatoms. The number of carboxylic acids is 1. The summed E-state index contributed by atoms with van der Waals surface area (Å²) in [7, 11) is 0. The van der Waals surface area contributed by atoms with Crippen LogP contribution in [0.5, 0.6) is 5.75 Å². The van der Waals surface area contributed by atoms with Crippen molar-refractivity contribution in [3.8, 4) is 11.4 Å². The van der Waals surface area contributed by atoms with Gasteiger partial charge in [0, 0.05) is 18.5 Å². The van der Waals surface area contributed by atoms with E-state index in [2.05, 4.69) is 10.4 Å². The molecule has 30 heavy (non-hydrogen) atoms. The molecule has 154 valence electrons. The lowest BCUT2D eigenvalue weighted by Crippen LogP contribution is -2.39. The second-order valence-electron chi connectivity index (χ2n) is 6.86. The molecule has 0 radical (unpaired) electrons. The van der Waals surface area contributed by atoms with Crippen LogP contribution >= 0.6 is 0 Å². The first-order chi connectivity index (χ1) is 14.6. The monoisotopic (exact) mass is 406 g/mol. The van der Waals surface area contributed by atoms with Crippen LogP contribution in [0.3, 0.4) is 0 Å².